The van der Waals surface area contributed by atoms with Gasteiger partial charge < -0.3 is 29.2 Å². The molecule has 0 aliphatic rings. The molecule has 6 rings (SSSR count). The van der Waals surface area contributed by atoms with Crippen molar-refractivity contribution in [2.75, 3.05) is 21.3 Å². The predicted molar refractivity (Wildman–Crippen MR) is 203 cm³/mol. The van der Waals surface area contributed by atoms with Crippen LogP contribution in [0.3, 0.4) is 0 Å². The quantitative estimate of drug-likeness (QED) is 0.125. The van der Waals surface area contributed by atoms with Crippen LogP contribution in [-0.2, 0) is 47.3 Å². The molecule has 0 fully saturated rings. The van der Waals surface area contributed by atoms with Crippen LogP contribution in [0.15, 0.2) is 113 Å². The number of carbonyl (C=O) groups is 1. The third kappa shape index (κ3) is 9.17. The summed E-state index contributed by atoms with van der Waals surface area (Å²) in [6, 6.07) is 26.6. The van der Waals surface area contributed by atoms with Gasteiger partial charge in [0.2, 0.25) is 15.8 Å². The molecule has 0 aliphatic carbocycles. The van der Waals surface area contributed by atoms with Gasteiger partial charge in [-0.25, -0.2) is 13.2 Å². The number of aromatic nitrogens is 5. The Labute approximate surface area is 325 Å². The highest BCUT2D eigenvalue weighted by molar-refractivity contribution is 7.90. The first-order chi connectivity index (χ1) is 27.0. The number of tetrazole rings is 1. The lowest BCUT2D eigenvalue weighted by Gasteiger charge is -2.26. The number of hydrogen-bond donors (Lipinski definition) is 2. The number of nitrogens with zero attached hydrogens (tertiary/aromatic N) is 6. The van der Waals surface area contributed by atoms with E-state index in [1.807, 2.05) is 12.1 Å². The van der Waals surface area contributed by atoms with Crippen LogP contribution < -0.4 is 19.5 Å². The largest absolute Gasteiger partial charge is 0.768 e. The van der Waals surface area contributed by atoms with Crippen molar-refractivity contribution in [1.29, 1.82) is 0 Å². The molecular weight excluding hydrogens is 763 g/mol. The van der Waals surface area contributed by atoms with Crippen molar-refractivity contribution in [3.05, 3.63) is 126 Å². The summed E-state index contributed by atoms with van der Waals surface area (Å²) in [6.07, 6.45) is 0.166. The Bertz CT molecular complexity index is 2390. The van der Waals surface area contributed by atoms with Crippen molar-refractivity contribution in [2.45, 2.75) is 36.0 Å². The molecule has 56 heavy (non-hydrogen) atoms. The van der Waals surface area contributed by atoms with Gasteiger partial charge in [0, 0.05) is 24.2 Å². The van der Waals surface area contributed by atoms with Gasteiger partial charge in [-0.3, -0.25) is 9.19 Å². The van der Waals surface area contributed by atoms with E-state index in [0.29, 0.717) is 39.6 Å². The smallest absolute Gasteiger partial charge is 0.404 e. The van der Waals surface area contributed by atoms with E-state index in [1.165, 1.54) is 41.7 Å². The van der Waals surface area contributed by atoms with E-state index >= 15 is 8.42 Å². The van der Waals surface area contributed by atoms with Crippen molar-refractivity contribution in [2.24, 2.45) is 0 Å². The van der Waals surface area contributed by atoms with Crippen molar-refractivity contribution in [3.63, 3.8) is 0 Å². The summed E-state index contributed by atoms with van der Waals surface area (Å²) >= 11 is -3.07. The highest BCUT2D eigenvalue weighted by atomic mass is 32.2. The second-order valence-electron chi connectivity index (χ2n) is 12.2. The number of methoxy groups -OCH3 is 3. The Morgan fingerprint density at radius 2 is 1.39 bits per heavy atom. The fourth-order valence-corrected chi connectivity index (χ4v) is 8.48. The van der Waals surface area contributed by atoms with E-state index in [-0.39, 0.29) is 43.1 Å². The number of benzene rings is 4. The summed E-state index contributed by atoms with van der Waals surface area (Å²) in [7, 11) is -0.174. The molecule has 1 unspecified atom stereocenters. The van der Waals surface area contributed by atoms with Crippen LogP contribution in [0, 0.1) is 0 Å². The van der Waals surface area contributed by atoms with Gasteiger partial charge in [-0.2, -0.15) is 9.10 Å². The number of amides is 1. The van der Waals surface area contributed by atoms with Gasteiger partial charge in [0.05, 0.1) is 45.7 Å². The van der Waals surface area contributed by atoms with Gasteiger partial charge in [-0.15, -0.1) is 10.2 Å². The van der Waals surface area contributed by atoms with Crippen molar-refractivity contribution < 1.29 is 41.3 Å². The third-order valence-electron chi connectivity index (χ3n) is 8.64. The maximum Gasteiger partial charge on any atom is 0.404 e. The van der Waals surface area contributed by atoms with Gasteiger partial charge in [0.25, 0.3) is 0 Å². The molecule has 2 aromatic heterocycles. The van der Waals surface area contributed by atoms with Crippen LogP contribution in [0.1, 0.15) is 22.4 Å². The molecule has 18 heteroatoms. The van der Waals surface area contributed by atoms with E-state index in [9.17, 15) is 18.7 Å². The molecule has 1 amide bonds. The molecule has 1 atom stereocenters. The number of ether oxygens (including phenoxy) is 3. The standard InChI is InChI=1S/C38H37N7O9S2/c1-52-30-10-4-25(5-11-30)22-44(23-26-6-12-31(53-2)13-7-26)56(50,51)36-34(55(48)49)17-16-33(28-18-19-39-29(20-28)21-40-38(46)47)35(36)37-41-43-45(42-37)24-27-8-14-32(54-3)15-9-27/h4-20,40H,21-24H2,1-3H3,(H,46,47)(H,48,49)/p-1. The van der Waals surface area contributed by atoms with Crippen LogP contribution in [-0.4, -0.2) is 79.2 Å². The van der Waals surface area contributed by atoms with E-state index in [1.54, 1.807) is 79.9 Å². The normalized spacial score (nSPS) is 11.9. The first-order valence-electron chi connectivity index (χ1n) is 16.8. The summed E-state index contributed by atoms with van der Waals surface area (Å²) in [5, 5.41) is 24.5. The molecule has 2 heterocycles. The second kappa shape index (κ2) is 17.5. The van der Waals surface area contributed by atoms with Crippen LogP contribution in [0.25, 0.3) is 22.5 Å². The number of nitrogens with one attached hydrogen (secondary N) is 1. The zero-order chi connectivity index (χ0) is 39.8. The Morgan fingerprint density at radius 1 is 0.839 bits per heavy atom. The molecule has 2 N–H and O–H groups in total. The lowest BCUT2D eigenvalue weighted by atomic mass is 9.99. The minimum Gasteiger partial charge on any atom is -0.768 e. The monoisotopic (exact) mass is 798 g/mol. The van der Waals surface area contributed by atoms with Gasteiger partial charge in [0.15, 0.2) is 0 Å². The van der Waals surface area contributed by atoms with E-state index < -0.39 is 37.0 Å². The number of rotatable bonds is 16. The molecule has 16 nitrogen and oxygen atoms in total. The number of sulfonamides is 1. The minimum absolute atomic E-state index is 0.134. The molecule has 0 saturated heterocycles. The molecule has 290 valence electrons. The van der Waals surface area contributed by atoms with Crippen molar-refractivity contribution in [1.82, 2.24) is 34.8 Å². The maximum atomic E-state index is 15.3. The summed E-state index contributed by atoms with van der Waals surface area (Å²) in [6.45, 7) is -0.335. The Morgan fingerprint density at radius 3 is 1.91 bits per heavy atom. The molecule has 0 aliphatic heterocycles. The third-order valence-corrected chi connectivity index (χ3v) is 11.3. The Kier molecular flexibility index (Phi) is 12.3. The zero-order valence-corrected chi connectivity index (χ0v) is 32.0. The fraction of sp³-hybridized carbons (Fsp3) is 0.184. The first-order valence-corrected chi connectivity index (χ1v) is 19.4. The highest BCUT2D eigenvalue weighted by Gasteiger charge is 2.34. The second-order valence-corrected chi connectivity index (χ2v) is 15.0. The molecule has 0 saturated carbocycles. The average molecular weight is 799 g/mol. The molecule has 0 spiro atoms. The van der Waals surface area contributed by atoms with Gasteiger partial charge in [-0.05, 0) is 98.7 Å². The average Bonchev–Trinajstić information content (AvgIpc) is 3.68. The zero-order valence-electron chi connectivity index (χ0n) is 30.4. The van der Waals surface area contributed by atoms with Crippen LogP contribution in [0.5, 0.6) is 17.2 Å². The van der Waals surface area contributed by atoms with Crippen molar-refractivity contribution >= 4 is 27.2 Å². The fourth-order valence-electron chi connectivity index (χ4n) is 5.85. The summed E-state index contributed by atoms with van der Waals surface area (Å²) in [4.78, 5) is 15.7. The highest BCUT2D eigenvalue weighted by Crippen LogP contribution is 2.41. The lowest BCUT2D eigenvalue weighted by Crippen LogP contribution is -2.31. The molecular formula is C38H36N7O9S2-. The van der Waals surface area contributed by atoms with Gasteiger partial charge in [0.1, 0.15) is 22.1 Å². The Hall–Kier alpha value is -6.21. The van der Waals surface area contributed by atoms with Crippen LogP contribution >= 0.6 is 0 Å². The first kappa shape index (κ1) is 39.5. The molecule has 4 aromatic carbocycles. The van der Waals surface area contributed by atoms with Crippen LogP contribution in [0.4, 0.5) is 4.79 Å². The number of carboxylic acid groups (broad SMARTS) is 1. The predicted octanol–water partition coefficient (Wildman–Crippen LogP) is 4.87. The van der Waals surface area contributed by atoms with E-state index in [4.69, 9.17) is 14.2 Å². The number of pyridine rings is 1. The minimum atomic E-state index is -4.76. The SMILES string of the molecule is COc1ccc(CN(Cc2ccc(OC)cc2)S(=O)(=O)c2c(S(=O)[O-])ccc(-c3ccnc(CNC(=O)O)c3)c2-c2nnn(Cc3ccc(OC)cc3)n2)cc1. The molecule has 0 radical (unpaired) electrons. The lowest BCUT2D eigenvalue weighted by molar-refractivity contribution is 0.194. The van der Waals surface area contributed by atoms with Gasteiger partial charge in [-0.1, -0.05) is 42.5 Å². The number of hydrogen-bond acceptors (Lipinski definition) is 12. The van der Waals surface area contributed by atoms with Crippen molar-refractivity contribution in [3.8, 4) is 39.8 Å². The summed E-state index contributed by atoms with van der Waals surface area (Å²) in [5.74, 6) is 1.61. The van der Waals surface area contributed by atoms with Gasteiger partial charge >= 0.3 is 6.09 Å². The topological polar surface area (TPSA) is 211 Å². The molecule has 0 bridgehead atoms. The Balaban J connectivity index is 1.56. The maximum absolute atomic E-state index is 15.3. The van der Waals surface area contributed by atoms with E-state index in [0.717, 1.165) is 5.56 Å². The van der Waals surface area contributed by atoms with E-state index in [2.05, 4.69) is 25.7 Å². The molecule has 6 aromatic rings. The summed E-state index contributed by atoms with van der Waals surface area (Å²) in [5.41, 5.74) is 2.78. The summed E-state index contributed by atoms with van der Waals surface area (Å²) < 4.78 is 73.7. The van der Waals surface area contributed by atoms with Crippen LogP contribution in [0.2, 0.25) is 0 Å².